The number of rotatable bonds is 16. The zero-order chi connectivity index (χ0) is 23.2. The predicted molar refractivity (Wildman–Crippen MR) is 133 cm³/mol. The van der Waals surface area contributed by atoms with Crippen LogP contribution in [0.2, 0.25) is 0 Å². The molecule has 0 fully saturated rings. The molecular weight excluding hydrogens is 454 g/mol. The van der Waals surface area contributed by atoms with Gasteiger partial charge in [-0.05, 0) is 25.3 Å². The number of nitrogens with one attached hydrogen (secondary N) is 1. The minimum atomic E-state index is -1.68. The van der Waals surface area contributed by atoms with Crippen molar-refractivity contribution in [2.45, 2.75) is 83.3 Å². The highest BCUT2D eigenvalue weighted by atomic mass is 32.2. The van der Waals surface area contributed by atoms with E-state index in [4.69, 9.17) is 16.8 Å². The van der Waals surface area contributed by atoms with Crippen LogP contribution in [0.3, 0.4) is 0 Å². The highest BCUT2D eigenvalue weighted by Crippen LogP contribution is 2.32. The summed E-state index contributed by atoms with van der Waals surface area (Å²) in [5, 5.41) is 11.7. The van der Waals surface area contributed by atoms with Crippen LogP contribution in [-0.2, 0) is 20.7 Å². The molecule has 6 nitrogen and oxygen atoms in total. The minimum absolute atomic E-state index is 0.0249. The van der Waals surface area contributed by atoms with Crippen molar-refractivity contribution < 1.29 is 23.5 Å². The van der Waals surface area contributed by atoms with Gasteiger partial charge in [0.1, 0.15) is 5.25 Å². The van der Waals surface area contributed by atoms with Gasteiger partial charge in [0.25, 0.3) is 0 Å². The Morgan fingerprint density at radius 2 is 1.74 bits per heavy atom. The number of aliphatic carboxylic acids is 1. The van der Waals surface area contributed by atoms with Crippen LogP contribution in [0.1, 0.15) is 78.1 Å². The molecule has 0 aromatic carbocycles. The Morgan fingerprint density at radius 3 is 2.29 bits per heavy atom. The van der Waals surface area contributed by atoms with E-state index in [-0.39, 0.29) is 11.8 Å². The molecule has 0 aromatic rings. The van der Waals surface area contributed by atoms with Gasteiger partial charge < -0.3 is 15.0 Å². The molecule has 3 N–H and O–H groups in total. The van der Waals surface area contributed by atoms with Gasteiger partial charge in [-0.2, -0.15) is 0 Å². The molecular formula is C22H35NO5S3. The molecule has 0 saturated carbocycles. The Bertz CT molecular complexity index is 705. The first-order valence-corrected chi connectivity index (χ1v) is 13.6. The van der Waals surface area contributed by atoms with Crippen molar-refractivity contribution >= 4 is 51.8 Å². The van der Waals surface area contributed by atoms with Gasteiger partial charge in [-0.3, -0.25) is 9.59 Å². The summed E-state index contributed by atoms with van der Waals surface area (Å²) < 4.78 is 19.3. The Labute approximate surface area is 198 Å². The quantitative estimate of drug-likeness (QED) is 0.155. The second kappa shape index (κ2) is 15.7. The number of unbranched alkanes of at least 4 members (excludes halogenated alkanes) is 7. The summed E-state index contributed by atoms with van der Waals surface area (Å²) in [5.41, 5.74) is 0.587. The zero-order valence-electron chi connectivity index (χ0n) is 18.4. The maximum atomic E-state index is 12.5. The number of thioether (sulfide) groups is 1. The Balaban J connectivity index is 2.40. The fourth-order valence-corrected chi connectivity index (χ4v) is 4.97. The fourth-order valence-electron chi connectivity index (χ4n) is 3.21. The summed E-state index contributed by atoms with van der Waals surface area (Å²) in [6.45, 7) is 3.79. The summed E-state index contributed by atoms with van der Waals surface area (Å²) in [5.74, 6) is -0.568. The lowest BCUT2D eigenvalue weighted by molar-refractivity contribution is -0.136. The molecule has 0 bridgehead atoms. The second-order valence-corrected chi connectivity index (χ2v) is 10.5. The molecule has 0 aliphatic heterocycles. The molecule has 0 heterocycles. The molecule has 176 valence electrons. The number of carbonyl (C=O) groups is 2. The topological polar surface area (TPSA) is 104 Å². The van der Waals surface area contributed by atoms with E-state index < -0.39 is 22.3 Å². The number of thiocarbonyl (C=S) groups is 1. The normalized spacial score (nSPS) is 18.2. The van der Waals surface area contributed by atoms with Crippen molar-refractivity contribution in [2.24, 2.45) is 5.92 Å². The van der Waals surface area contributed by atoms with Gasteiger partial charge in [0, 0.05) is 27.9 Å². The van der Waals surface area contributed by atoms with E-state index in [2.05, 4.69) is 5.32 Å². The van der Waals surface area contributed by atoms with Crippen molar-refractivity contribution in [3.05, 3.63) is 22.8 Å². The zero-order valence-corrected chi connectivity index (χ0v) is 20.9. The Morgan fingerprint density at radius 1 is 1.16 bits per heavy atom. The fraction of sp³-hybridized carbons (Fsp3) is 0.682. The third-order valence-corrected chi connectivity index (χ3v) is 7.72. The average Bonchev–Trinajstić information content (AvgIpc) is 2.71. The predicted octanol–water partition coefficient (Wildman–Crippen LogP) is 5.22. The first-order chi connectivity index (χ1) is 14.8. The van der Waals surface area contributed by atoms with Crippen LogP contribution in [0, 0.1) is 5.92 Å². The number of amides is 1. The first kappa shape index (κ1) is 28.0. The number of hydrogen-bond donors (Lipinski definition) is 3. The van der Waals surface area contributed by atoms with E-state index >= 15 is 0 Å². The molecule has 1 amide bonds. The molecule has 0 saturated heterocycles. The van der Waals surface area contributed by atoms with Crippen LogP contribution in [0.15, 0.2) is 22.8 Å². The summed E-state index contributed by atoms with van der Waals surface area (Å²) in [4.78, 5) is 25.2. The smallest absolute Gasteiger partial charge is 0.316 e. The highest BCUT2D eigenvalue weighted by Gasteiger charge is 2.25. The first-order valence-electron chi connectivity index (χ1n) is 11.0. The molecule has 1 aliphatic rings. The van der Waals surface area contributed by atoms with Crippen molar-refractivity contribution in [3.8, 4) is 0 Å². The van der Waals surface area contributed by atoms with E-state index in [0.29, 0.717) is 29.2 Å². The number of allylic oxidation sites excluding steroid dienone is 3. The summed E-state index contributed by atoms with van der Waals surface area (Å²) in [6.07, 6.45) is 12.6. The van der Waals surface area contributed by atoms with Gasteiger partial charge in [0.05, 0.1) is 5.70 Å². The Kier molecular flexibility index (Phi) is 14.2. The summed E-state index contributed by atoms with van der Waals surface area (Å²) >= 11 is 5.07. The Hall–Kier alpha value is -1.03. The number of carboxylic acid groups (broad SMARTS) is 1. The van der Waals surface area contributed by atoms with E-state index in [9.17, 15) is 18.9 Å². The van der Waals surface area contributed by atoms with Gasteiger partial charge in [-0.1, -0.05) is 70.7 Å². The molecule has 0 radical (unpaired) electrons. The van der Waals surface area contributed by atoms with Crippen LogP contribution in [0.4, 0.5) is 0 Å². The van der Waals surface area contributed by atoms with Gasteiger partial charge in [-0.15, -0.1) is 11.8 Å². The number of carboxylic acids is 1. The summed E-state index contributed by atoms with van der Waals surface area (Å²) in [7, 11) is 0. The van der Waals surface area contributed by atoms with E-state index in [1.807, 2.05) is 26.0 Å². The maximum absolute atomic E-state index is 12.5. The largest absolute Gasteiger partial charge is 0.480 e. The standard InChI is InChI=1S/C22H35NO5S3/c1-3-17(22(25)26)30-18-14-13-16(2)21(29)20(18)23-19(24)12-10-8-6-4-5-7-9-11-15-31(27)28/h13-14,16-17H,3-12,15H2,1-2H3,(H,23,24)(H,25,26)(H,27,28). The van der Waals surface area contributed by atoms with E-state index in [1.165, 1.54) is 11.8 Å². The van der Waals surface area contributed by atoms with Gasteiger partial charge in [0.15, 0.2) is 11.1 Å². The van der Waals surface area contributed by atoms with Crippen molar-refractivity contribution in [3.63, 3.8) is 0 Å². The maximum Gasteiger partial charge on any atom is 0.316 e. The minimum Gasteiger partial charge on any atom is -0.480 e. The molecule has 3 unspecified atom stereocenters. The van der Waals surface area contributed by atoms with Crippen LogP contribution in [0.5, 0.6) is 0 Å². The van der Waals surface area contributed by atoms with E-state index in [0.717, 1.165) is 56.3 Å². The number of carbonyl (C=O) groups excluding carboxylic acids is 1. The third-order valence-electron chi connectivity index (χ3n) is 5.10. The molecule has 3 atom stereocenters. The lowest BCUT2D eigenvalue weighted by Gasteiger charge is -2.23. The van der Waals surface area contributed by atoms with Gasteiger partial charge in [0.2, 0.25) is 5.91 Å². The van der Waals surface area contributed by atoms with Crippen molar-refractivity contribution in [2.75, 3.05) is 5.75 Å². The highest BCUT2D eigenvalue weighted by molar-refractivity contribution is 8.04. The molecule has 9 heteroatoms. The molecule has 31 heavy (non-hydrogen) atoms. The molecule has 1 aliphatic carbocycles. The van der Waals surface area contributed by atoms with Crippen molar-refractivity contribution in [1.82, 2.24) is 5.32 Å². The molecule has 0 spiro atoms. The number of hydrogen-bond acceptors (Lipinski definition) is 5. The van der Waals surface area contributed by atoms with Crippen LogP contribution >= 0.6 is 24.0 Å². The third kappa shape index (κ3) is 11.4. The SMILES string of the molecule is CCC(SC1=C(NC(=O)CCCCCCCCCCS(=O)O)C(=S)C(C)C=C1)C(=O)O. The van der Waals surface area contributed by atoms with Crippen LogP contribution in [0.25, 0.3) is 0 Å². The van der Waals surface area contributed by atoms with Gasteiger partial charge >= 0.3 is 5.97 Å². The van der Waals surface area contributed by atoms with Crippen LogP contribution in [-0.4, -0.2) is 41.6 Å². The van der Waals surface area contributed by atoms with Crippen molar-refractivity contribution in [1.29, 1.82) is 0 Å². The van der Waals surface area contributed by atoms with Crippen LogP contribution < -0.4 is 5.32 Å². The average molecular weight is 490 g/mol. The summed E-state index contributed by atoms with van der Waals surface area (Å²) in [6, 6.07) is 0. The monoisotopic (exact) mass is 489 g/mol. The molecule has 1 rings (SSSR count). The van der Waals surface area contributed by atoms with E-state index in [1.54, 1.807) is 0 Å². The molecule has 0 aromatic heterocycles. The lowest BCUT2D eigenvalue weighted by Crippen LogP contribution is -2.31. The van der Waals surface area contributed by atoms with Gasteiger partial charge in [-0.25, -0.2) is 4.21 Å². The second-order valence-electron chi connectivity index (χ2n) is 7.76. The lowest BCUT2D eigenvalue weighted by atomic mass is 9.99.